The lowest BCUT2D eigenvalue weighted by Gasteiger charge is -2.13. The maximum Gasteiger partial charge on any atom is 0.158 e. The summed E-state index contributed by atoms with van der Waals surface area (Å²) in [5.74, 6) is 0.607. The normalized spacial score (nSPS) is 10.6. The molecule has 0 unspecified atom stereocenters. The van der Waals surface area contributed by atoms with Gasteiger partial charge in [-0.25, -0.2) is 9.97 Å². The van der Waals surface area contributed by atoms with Crippen LogP contribution in [0.5, 0.6) is 0 Å². The van der Waals surface area contributed by atoms with E-state index in [-0.39, 0.29) is 0 Å². The first-order valence-electron chi connectivity index (χ1n) is 7.41. The van der Waals surface area contributed by atoms with Gasteiger partial charge in [0, 0.05) is 15.6 Å². The second kappa shape index (κ2) is 7.11. The number of rotatable bonds is 4. The molecule has 122 valence electrons. The first-order valence-corrected chi connectivity index (χ1v) is 8.61. The minimum Gasteiger partial charge on any atom is -0.394 e. The minimum absolute atomic E-state index is 0.526. The molecule has 0 fully saturated rings. The predicted molar refractivity (Wildman–Crippen MR) is 101 cm³/mol. The van der Waals surface area contributed by atoms with Crippen LogP contribution in [0, 0.1) is 13.8 Å². The number of benzene rings is 2. The molecule has 0 aliphatic carbocycles. The summed E-state index contributed by atoms with van der Waals surface area (Å²) in [4.78, 5) is 9.59. The standard InChI is InChI=1S/C18H17ClN4S/c1-11-4-3-5-15(12(11)2)23-17-16(20)18(22-10-21-17)24-14-8-6-13(19)7-9-14/h3-10H,20H2,1-2H3,(H,21,22,23). The zero-order valence-electron chi connectivity index (χ0n) is 13.4. The van der Waals surface area contributed by atoms with Gasteiger partial charge in [-0.15, -0.1) is 0 Å². The Bertz CT molecular complexity index is 865. The highest BCUT2D eigenvalue weighted by molar-refractivity contribution is 7.99. The van der Waals surface area contributed by atoms with Crippen LogP contribution in [0.25, 0.3) is 0 Å². The Labute approximate surface area is 150 Å². The molecule has 0 spiro atoms. The Morgan fingerprint density at radius 1 is 1.04 bits per heavy atom. The van der Waals surface area contributed by atoms with Crippen molar-refractivity contribution < 1.29 is 0 Å². The van der Waals surface area contributed by atoms with Crippen LogP contribution in [0.15, 0.2) is 58.7 Å². The smallest absolute Gasteiger partial charge is 0.158 e. The Morgan fingerprint density at radius 3 is 2.54 bits per heavy atom. The minimum atomic E-state index is 0.526. The van der Waals surface area contributed by atoms with Gasteiger partial charge in [-0.2, -0.15) is 0 Å². The molecule has 4 nitrogen and oxygen atoms in total. The number of halogens is 1. The monoisotopic (exact) mass is 356 g/mol. The molecule has 0 aliphatic heterocycles. The van der Waals surface area contributed by atoms with Crippen molar-refractivity contribution >= 4 is 40.6 Å². The molecule has 0 saturated carbocycles. The van der Waals surface area contributed by atoms with Crippen LogP contribution < -0.4 is 11.1 Å². The average molecular weight is 357 g/mol. The number of nitrogen functional groups attached to an aromatic ring is 1. The molecule has 0 aliphatic rings. The van der Waals surface area contributed by atoms with Gasteiger partial charge in [0.25, 0.3) is 0 Å². The molecule has 1 heterocycles. The highest BCUT2D eigenvalue weighted by Gasteiger charge is 2.11. The van der Waals surface area contributed by atoms with E-state index in [1.54, 1.807) is 0 Å². The molecule has 3 rings (SSSR count). The topological polar surface area (TPSA) is 63.8 Å². The highest BCUT2D eigenvalue weighted by atomic mass is 35.5. The van der Waals surface area contributed by atoms with E-state index in [2.05, 4.69) is 35.2 Å². The van der Waals surface area contributed by atoms with E-state index in [0.29, 0.717) is 21.6 Å². The fourth-order valence-corrected chi connectivity index (χ4v) is 3.12. The van der Waals surface area contributed by atoms with Crippen molar-refractivity contribution in [3.05, 3.63) is 64.9 Å². The second-order valence-corrected chi connectivity index (χ2v) is 6.87. The Balaban J connectivity index is 1.88. The predicted octanol–water partition coefficient (Wildman–Crippen LogP) is 5.22. The van der Waals surface area contributed by atoms with Gasteiger partial charge in [0.15, 0.2) is 5.82 Å². The van der Waals surface area contributed by atoms with Crippen LogP contribution in [0.3, 0.4) is 0 Å². The third kappa shape index (κ3) is 3.63. The zero-order chi connectivity index (χ0) is 17.1. The number of aryl methyl sites for hydroxylation is 1. The van der Waals surface area contributed by atoms with Gasteiger partial charge in [-0.05, 0) is 55.3 Å². The van der Waals surface area contributed by atoms with Gasteiger partial charge in [-0.1, -0.05) is 35.5 Å². The quantitative estimate of drug-likeness (QED) is 0.627. The molecule has 0 bridgehead atoms. The van der Waals surface area contributed by atoms with E-state index >= 15 is 0 Å². The van der Waals surface area contributed by atoms with Gasteiger partial charge in [0.1, 0.15) is 17.0 Å². The lowest BCUT2D eigenvalue weighted by atomic mass is 10.1. The Morgan fingerprint density at radius 2 is 1.79 bits per heavy atom. The summed E-state index contributed by atoms with van der Waals surface area (Å²) in [6.45, 7) is 4.14. The number of nitrogens with one attached hydrogen (secondary N) is 1. The van der Waals surface area contributed by atoms with Crippen molar-refractivity contribution in [2.45, 2.75) is 23.8 Å². The summed E-state index contributed by atoms with van der Waals surface area (Å²) in [7, 11) is 0. The van der Waals surface area contributed by atoms with Crippen LogP contribution in [0.2, 0.25) is 5.02 Å². The van der Waals surface area contributed by atoms with Crippen molar-refractivity contribution in [1.29, 1.82) is 0 Å². The van der Waals surface area contributed by atoms with E-state index in [1.165, 1.54) is 29.2 Å². The van der Waals surface area contributed by atoms with Crippen LogP contribution in [0.1, 0.15) is 11.1 Å². The summed E-state index contributed by atoms with van der Waals surface area (Å²) >= 11 is 7.40. The first-order chi connectivity index (χ1) is 11.5. The second-order valence-electron chi connectivity index (χ2n) is 5.37. The Kier molecular flexibility index (Phi) is 4.92. The number of hydrogen-bond donors (Lipinski definition) is 2. The SMILES string of the molecule is Cc1cccc(Nc2ncnc(Sc3ccc(Cl)cc3)c2N)c1C. The third-order valence-electron chi connectivity index (χ3n) is 3.73. The summed E-state index contributed by atoms with van der Waals surface area (Å²) in [5.41, 5.74) is 10.2. The van der Waals surface area contributed by atoms with Crippen molar-refractivity contribution in [3.63, 3.8) is 0 Å². The number of anilines is 3. The van der Waals surface area contributed by atoms with Gasteiger partial charge >= 0.3 is 0 Å². The lowest BCUT2D eigenvalue weighted by molar-refractivity contribution is 1.06. The van der Waals surface area contributed by atoms with E-state index < -0.39 is 0 Å². The van der Waals surface area contributed by atoms with Gasteiger partial charge < -0.3 is 11.1 Å². The lowest BCUT2D eigenvalue weighted by Crippen LogP contribution is -2.03. The highest BCUT2D eigenvalue weighted by Crippen LogP contribution is 2.35. The van der Waals surface area contributed by atoms with Gasteiger partial charge in [0.05, 0.1) is 0 Å². The molecule has 1 aromatic heterocycles. The van der Waals surface area contributed by atoms with Crippen molar-refractivity contribution in [3.8, 4) is 0 Å². The molecule has 0 radical (unpaired) electrons. The molecule has 0 saturated heterocycles. The van der Waals surface area contributed by atoms with E-state index in [4.69, 9.17) is 17.3 Å². The number of hydrogen-bond acceptors (Lipinski definition) is 5. The van der Waals surface area contributed by atoms with Crippen molar-refractivity contribution in [2.75, 3.05) is 11.1 Å². The molecule has 6 heteroatoms. The van der Waals surface area contributed by atoms with Crippen molar-refractivity contribution in [2.24, 2.45) is 0 Å². The summed E-state index contributed by atoms with van der Waals surface area (Å²) in [6.07, 6.45) is 1.52. The maximum atomic E-state index is 6.26. The van der Waals surface area contributed by atoms with Crippen LogP contribution >= 0.6 is 23.4 Å². The molecule has 0 atom stereocenters. The van der Waals surface area contributed by atoms with Gasteiger partial charge in [0.2, 0.25) is 0 Å². The summed E-state index contributed by atoms with van der Waals surface area (Å²) in [5, 5.41) is 4.72. The molecular formula is C18H17ClN4S. The van der Waals surface area contributed by atoms with Crippen LogP contribution in [0.4, 0.5) is 17.2 Å². The van der Waals surface area contributed by atoms with Crippen molar-refractivity contribution in [1.82, 2.24) is 9.97 Å². The largest absolute Gasteiger partial charge is 0.394 e. The Hall–Kier alpha value is -2.24. The number of nitrogens with zero attached hydrogens (tertiary/aromatic N) is 2. The number of aromatic nitrogens is 2. The van der Waals surface area contributed by atoms with Gasteiger partial charge in [-0.3, -0.25) is 0 Å². The summed E-state index contributed by atoms with van der Waals surface area (Å²) in [6, 6.07) is 13.7. The van der Waals surface area contributed by atoms with E-state index in [9.17, 15) is 0 Å². The molecule has 2 aromatic carbocycles. The average Bonchev–Trinajstić information content (AvgIpc) is 2.57. The molecular weight excluding hydrogens is 340 g/mol. The van der Waals surface area contributed by atoms with E-state index in [0.717, 1.165) is 10.6 Å². The first kappa shape index (κ1) is 16.6. The van der Waals surface area contributed by atoms with Crippen LogP contribution in [-0.4, -0.2) is 9.97 Å². The maximum absolute atomic E-state index is 6.26. The zero-order valence-corrected chi connectivity index (χ0v) is 14.9. The molecule has 0 amide bonds. The third-order valence-corrected chi connectivity index (χ3v) is 5.01. The van der Waals surface area contributed by atoms with E-state index in [1.807, 2.05) is 36.4 Å². The fourth-order valence-electron chi connectivity index (χ4n) is 2.19. The number of nitrogens with two attached hydrogens (primary N) is 1. The van der Waals surface area contributed by atoms with Crippen LogP contribution in [-0.2, 0) is 0 Å². The molecule has 24 heavy (non-hydrogen) atoms. The molecule has 3 N–H and O–H groups in total. The fraction of sp³-hybridized carbons (Fsp3) is 0.111. The molecule has 3 aromatic rings. The summed E-state index contributed by atoms with van der Waals surface area (Å²) < 4.78 is 0.